The quantitative estimate of drug-likeness (QED) is 0.261. The van der Waals surface area contributed by atoms with Crippen molar-refractivity contribution in [1.82, 2.24) is 5.32 Å². The van der Waals surface area contributed by atoms with Crippen molar-refractivity contribution in [3.63, 3.8) is 0 Å². The zero-order chi connectivity index (χ0) is 33.6. The zero-order valence-corrected chi connectivity index (χ0v) is 27.1. The Hall–Kier alpha value is -3.45. The fourth-order valence-electron chi connectivity index (χ4n) is 6.18. The first-order valence-electron chi connectivity index (χ1n) is 16.0. The predicted octanol–water partition coefficient (Wildman–Crippen LogP) is 5.91. The summed E-state index contributed by atoms with van der Waals surface area (Å²) in [7, 11) is -3.37. The third-order valence-electron chi connectivity index (χ3n) is 9.08. The molecule has 0 saturated carbocycles. The molecule has 12 heteroatoms. The van der Waals surface area contributed by atoms with Crippen LogP contribution in [0.2, 0.25) is 0 Å². The van der Waals surface area contributed by atoms with E-state index in [4.69, 9.17) is 9.47 Å². The molecular formula is C35H41F3N2O6S. The van der Waals surface area contributed by atoms with Gasteiger partial charge in [0.15, 0.2) is 9.84 Å². The summed E-state index contributed by atoms with van der Waals surface area (Å²) in [4.78, 5) is 15.6. The number of anilines is 1. The highest BCUT2D eigenvalue weighted by molar-refractivity contribution is 7.91. The molecule has 2 fully saturated rings. The van der Waals surface area contributed by atoms with Crippen LogP contribution in [0.25, 0.3) is 0 Å². The Bertz CT molecular complexity index is 1580. The van der Waals surface area contributed by atoms with Crippen LogP contribution in [0.5, 0.6) is 0 Å². The van der Waals surface area contributed by atoms with Crippen LogP contribution in [-0.4, -0.2) is 70.3 Å². The van der Waals surface area contributed by atoms with Crippen LogP contribution >= 0.6 is 0 Å². The number of piperidine rings is 1. The molecule has 3 aromatic rings. The van der Waals surface area contributed by atoms with E-state index >= 15 is 0 Å². The summed E-state index contributed by atoms with van der Waals surface area (Å²) in [6.45, 7) is 3.61. The Balaban J connectivity index is 1.30. The minimum Gasteiger partial charge on any atom is -0.394 e. The van der Waals surface area contributed by atoms with Crippen molar-refractivity contribution >= 4 is 21.4 Å². The molecule has 8 nitrogen and oxygen atoms in total. The maximum Gasteiger partial charge on any atom is 0.416 e. The number of alkyl halides is 3. The molecule has 2 heterocycles. The first-order valence-corrected chi connectivity index (χ1v) is 17.6. The Labute approximate surface area is 273 Å². The van der Waals surface area contributed by atoms with Crippen molar-refractivity contribution in [3.05, 3.63) is 95.1 Å². The van der Waals surface area contributed by atoms with Crippen LogP contribution in [0.15, 0.2) is 77.7 Å². The number of carbonyl (C=O) groups excluding carboxylic acids is 1. The van der Waals surface area contributed by atoms with Gasteiger partial charge in [-0.05, 0) is 85.3 Å². The molecule has 0 radical (unpaired) electrons. The van der Waals surface area contributed by atoms with Gasteiger partial charge in [0.2, 0.25) is 0 Å². The van der Waals surface area contributed by atoms with Gasteiger partial charge < -0.3 is 24.8 Å². The van der Waals surface area contributed by atoms with Crippen LogP contribution in [0.1, 0.15) is 71.6 Å². The number of sulfone groups is 1. The van der Waals surface area contributed by atoms with E-state index < -0.39 is 33.5 Å². The summed E-state index contributed by atoms with van der Waals surface area (Å²) in [5.41, 5.74) is 1.99. The Morgan fingerprint density at radius 2 is 1.64 bits per heavy atom. The maximum atomic E-state index is 13.2. The van der Waals surface area contributed by atoms with Gasteiger partial charge in [-0.15, -0.1) is 0 Å². The average molecular weight is 675 g/mol. The highest BCUT2D eigenvalue weighted by Crippen LogP contribution is 2.36. The number of hydrogen-bond donors (Lipinski definition) is 2. The number of halogens is 3. The van der Waals surface area contributed by atoms with E-state index in [0.29, 0.717) is 37.5 Å². The van der Waals surface area contributed by atoms with Gasteiger partial charge in [0.05, 0.1) is 47.6 Å². The lowest BCUT2D eigenvalue weighted by atomic mass is 9.86. The summed E-state index contributed by atoms with van der Waals surface area (Å²) in [5, 5.41) is 12.8. The Morgan fingerprint density at radius 3 is 2.23 bits per heavy atom. The summed E-state index contributed by atoms with van der Waals surface area (Å²) in [6, 6.07) is 17.9. The molecule has 0 bridgehead atoms. The molecule has 0 spiro atoms. The van der Waals surface area contributed by atoms with E-state index in [0.717, 1.165) is 49.1 Å². The van der Waals surface area contributed by atoms with Crippen molar-refractivity contribution in [2.45, 2.75) is 67.8 Å². The second kappa shape index (κ2) is 15.2. The number of nitrogens with zero attached hydrogens (tertiary/aromatic N) is 1. The minimum absolute atomic E-state index is 0.0172. The van der Waals surface area contributed by atoms with Gasteiger partial charge in [0.25, 0.3) is 5.91 Å². The molecule has 254 valence electrons. The van der Waals surface area contributed by atoms with Crippen molar-refractivity contribution in [3.8, 4) is 0 Å². The lowest BCUT2D eigenvalue weighted by Gasteiger charge is -2.42. The van der Waals surface area contributed by atoms with Gasteiger partial charge in [-0.25, -0.2) is 8.42 Å². The maximum absolute atomic E-state index is 13.2. The topological polar surface area (TPSA) is 105 Å². The first-order chi connectivity index (χ1) is 22.5. The number of nitrogens with one attached hydrogen (secondary N) is 1. The largest absolute Gasteiger partial charge is 0.416 e. The number of hydrogen-bond acceptors (Lipinski definition) is 7. The van der Waals surface area contributed by atoms with Crippen molar-refractivity contribution in [2.24, 2.45) is 0 Å². The molecule has 2 aliphatic rings. The van der Waals surface area contributed by atoms with E-state index in [9.17, 15) is 31.5 Å². The predicted molar refractivity (Wildman–Crippen MR) is 172 cm³/mol. The van der Waals surface area contributed by atoms with Crippen LogP contribution < -0.4 is 10.2 Å². The fraction of sp³-hybridized carbons (Fsp3) is 0.457. The van der Waals surface area contributed by atoms with E-state index in [1.165, 1.54) is 12.1 Å². The molecule has 3 aromatic carbocycles. The molecule has 2 saturated heterocycles. The van der Waals surface area contributed by atoms with Crippen LogP contribution in [0, 0.1) is 0 Å². The lowest BCUT2D eigenvalue weighted by molar-refractivity contribution is -0.137. The van der Waals surface area contributed by atoms with Gasteiger partial charge in [-0.2, -0.15) is 13.2 Å². The average Bonchev–Trinajstić information content (AvgIpc) is 3.10. The van der Waals surface area contributed by atoms with Crippen molar-refractivity contribution in [1.29, 1.82) is 0 Å². The summed E-state index contributed by atoms with van der Waals surface area (Å²) < 4.78 is 75.6. The van der Waals surface area contributed by atoms with E-state index in [1.54, 1.807) is 43.3 Å². The SMILES string of the molecule is CCS(=O)(=O)c1ccc([C@H](CO)NC(=O)c2ccc(N3CC(c4ccc(C(F)(F)F)cc4)CC[C@H]3COC3CCOCC3)cc2)cc1. The first kappa shape index (κ1) is 34.9. The molecule has 5 rings (SSSR count). The number of benzene rings is 3. The van der Waals surface area contributed by atoms with Gasteiger partial charge >= 0.3 is 6.18 Å². The summed E-state index contributed by atoms with van der Waals surface area (Å²) in [6.07, 6.45) is -1.01. The number of aliphatic hydroxyl groups excluding tert-OH is 1. The molecule has 0 aliphatic carbocycles. The molecule has 2 N–H and O–H groups in total. The summed E-state index contributed by atoms with van der Waals surface area (Å²) >= 11 is 0. The van der Waals surface area contributed by atoms with Crippen molar-refractivity contribution in [2.75, 3.05) is 43.6 Å². The standard InChI is InChI=1S/C35H41F3N2O6S/c1-2-47(43,44)32-15-8-25(9-16-32)33(22-41)39-34(42)26-5-12-29(13-6-26)40-21-27(24-3-10-28(11-4-24)35(36,37)38)7-14-30(40)23-46-31-17-19-45-20-18-31/h3-6,8-13,15-16,27,30-31,33,41H,2,7,14,17-23H2,1H3,(H,39,42)/t27?,30-,33-/m0/s1. The second-order valence-corrected chi connectivity index (χ2v) is 14.4. The van der Waals surface area contributed by atoms with Crippen LogP contribution in [0.3, 0.4) is 0 Å². The number of ether oxygens (including phenoxy) is 2. The zero-order valence-electron chi connectivity index (χ0n) is 26.3. The van der Waals surface area contributed by atoms with Gasteiger partial charge in [-0.1, -0.05) is 31.2 Å². The third kappa shape index (κ3) is 8.72. The molecule has 3 atom stereocenters. The number of rotatable bonds is 11. The monoisotopic (exact) mass is 674 g/mol. The molecule has 1 unspecified atom stereocenters. The van der Waals surface area contributed by atoms with Crippen LogP contribution in [0.4, 0.5) is 18.9 Å². The highest BCUT2D eigenvalue weighted by Gasteiger charge is 2.33. The van der Waals surface area contributed by atoms with Crippen LogP contribution in [-0.2, 0) is 25.5 Å². The number of amides is 1. The highest BCUT2D eigenvalue weighted by atomic mass is 32.2. The Kier molecular flexibility index (Phi) is 11.3. The molecular weight excluding hydrogens is 633 g/mol. The second-order valence-electron chi connectivity index (χ2n) is 12.1. The normalized spacial score (nSPS) is 20.1. The molecule has 47 heavy (non-hydrogen) atoms. The van der Waals surface area contributed by atoms with Crippen molar-refractivity contribution < 1.29 is 41.0 Å². The lowest BCUT2D eigenvalue weighted by Crippen LogP contribution is -2.46. The molecule has 1 amide bonds. The van der Waals surface area contributed by atoms with E-state index in [1.807, 2.05) is 12.1 Å². The Morgan fingerprint density at radius 1 is 0.979 bits per heavy atom. The van der Waals surface area contributed by atoms with E-state index in [-0.39, 0.29) is 35.3 Å². The van der Waals surface area contributed by atoms with Gasteiger partial charge in [0, 0.05) is 36.9 Å². The molecule has 2 aliphatic heterocycles. The smallest absolute Gasteiger partial charge is 0.394 e. The summed E-state index contributed by atoms with van der Waals surface area (Å²) in [5.74, 6) is -0.413. The third-order valence-corrected chi connectivity index (χ3v) is 10.8. The fourth-order valence-corrected chi connectivity index (χ4v) is 7.06. The number of aliphatic hydroxyl groups is 1. The van der Waals surface area contributed by atoms with Gasteiger partial charge in [-0.3, -0.25) is 4.79 Å². The number of carbonyl (C=O) groups is 1. The molecule has 0 aromatic heterocycles. The van der Waals surface area contributed by atoms with Gasteiger partial charge in [0.1, 0.15) is 0 Å². The van der Waals surface area contributed by atoms with E-state index in [2.05, 4.69) is 10.2 Å². The minimum atomic E-state index is -4.39.